The molecule has 5 nitrogen and oxygen atoms in total. The van der Waals surface area contributed by atoms with Gasteiger partial charge in [0, 0.05) is 18.8 Å². The van der Waals surface area contributed by atoms with Crippen molar-refractivity contribution in [2.75, 3.05) is 18.4 Å². The molecule has 0 unspecified atom stereocenters. The summed E-state index contributed by atoms with van der Waals surface area (Å²) in [6, 6.07) is 8.12. The van der Waals surface area contributed by atoms with Gasteiger partial charge < -0.3 is 10.2 Å². The highest BCUT2D eigenvalue weighted by Crippen LogP contribution is 2.31. The first-order chi connectivity index (χ1) is 11.1. The molecule has 1 amide bonds. The number of aryl methyl sites for hydroxylation is 1. The number of nitrogens with zero attached hydrogens (tertiary/aromatic N) is 3. The molecule has 23 heavy (non-hydrogen) atoms. The maximum Gasteiger partial charge on any atom is 0.235 e. The highest BCUT2D eigenvalue weighted by molar-refractivity contribution is 8.02. The molecule has 0 bridgehead atoms. The Morgan fingerprint density at radius 1 is 1.35 bits per heavy atom. The van der Waals surface area contributed by atoms with E-state index in [4.69, 9.17) is 0 Å². The smallest absolute Gasteiger partial charge is 0.235 e. The van der Waals surface area contributed by atoms with E-state index in [2.05, 4.69) is 34.6 Å². The van der Waals surface area contributed by atoms with Crippen LogP contribution >= 0.6 is 23.1 Å². The molecule has 1 aliphatic heterocycles. The van der Waals surface area contributed by atoms with Gasteiger partial charge in [-0.25, -0.2) is 0 Å². The average Bonchev–Trinajstić information content (AvgIpc) is 3.18. The number of carbonyl (C=O) groups excluding carboxylic acids is 1. The zero-order valence-electron chi connectivity index (χ0n) is 13.3. The molecule has 0 radical (unpaired) electrons. The van der Waals surface area contributed by atoms with Crippen LogP contribution in [0.15, 0.2) is 28.6 Å². The van der Waals surface area contributed by atoms with Gasteiger partial charge in [0.05, 0.1) is 5.25 Å². The van der Waals surface area contributed by atoms with Crippen molar-refractivity contribution in [3.8, 4) is 0 Å². The molecule has 2 aromatic rings. The third kappa shape index (κ3) is 4.23. The van der Waals surface area contributed by atoms with Crippen LogP contribution in [0.3, 0.4) is 0 Å². The Morgan fingerprint density at radius 2 is 2.13 bits per heavy atom. The van der Waals surface area contributed by atoms with Crippen LogP contribution in [0.5, 0.6) is 0 Å². The van der Waals surface area contributed by atoms with Crippen molar-refractivity contribution in [3.05, 3.63) is 29.8 Å². The fraction of sp³-hybridized carbons (Fsp3) is 0.438. The van der Waals surface area contributed by atoms with Gasteiger partial charge in [-0.3, -0.25) is 4.79 Å². The lowest BCUT2D eigenvalue weighted by Gasteiger charge is -2.18. The first-order valence-electron chi connectivity index (χ1n) is 7.74. The monoisotopic (exact) mass is 348 g/mol. The fourth-order valence-electron chi connectivity index (χ4n) is 2.55. The van der Waals surface area contributed by atoms with Gasteiger partial charge in [0.15, 0.2) is 4.34 Å². The third-order valence-electron chi connectivity index (χ3n) is 3.72. The van der Waals surface area contributed by atoms with Crippen molar-refractivity contribution in [2.45, 2.75) is 36.3 Å². The minimum atomic E-state index is -0.118. The molecule has 1 fully saturated rings. The number of nitrogens with one attached hydrogen (secondary N) is 1. The van der Waals surface area contributed by atoms with E-state index in [1.807, 2.05) is 24.0 Å². The maximum atomic E-state index is 12.3. The number of thioether (sulfide) groups is 1. The molecule has 7 heteroatoms. The molecule has 2 heterocycles. The van der Waals surface area contributed by atoms with E-state index in [0.717, 1.165) is 41.1 Å². The van der Waals surface area contributed by atoms with Gasteiger partial charge in [-0.05, 0) is 44.4 Å². The lowest BCUT2D eigenvalue weighted by atomic mass is 10.2. The summed E-state index contributed by atoms with van der Waals surface area (Å²) in [5.41, 5.74) is 2.19. The zero-order valence-corrected chi connectivity index (χ0v) is 14.9. The second kappa shape index (κ2) is 7.31. The highest BCUT2D eigenvalue weighted by atomic mass is 32.2. The summed E-state index contributed by atoms with van der Waals surface area (Å²) in [5, 5.41) is 12.2. The molecule has 1 atom stereocenters. The van der Waals surface area contributed by atoms with Crippen molar-refractivity contribution in [2.24, 2.45) is 0 Å². The van der Waals surface area contributed by atoms with Crippen LogP contribution in [-0.4, -0.2) is 39.3 Å². The molecule has 0 spiro atoms. The molecule has 0 aliphatic carbocycles. The topological polar surface area (TPSA) is 58.1 Å². The van der Waals surface area contributed by atoms with Crippen molar-refractivity contribution < 1.29 is 4.79 Å². The summed E-state index contributed by atoms with van der Waals surface area (Å²) in [6.07, 6.45) is 2.24. The molecule has 0 saturated carbocycles. The Kier molecular flexibility index (Phi) is 5.17. The van der Waals surface area contributed by atoms with E-state index in [1.54, 1.807) is 0 Å². The SMILES string of the molecule is Cc1cccc(Nc2nnc(S[C@@H](C)C(=O)N3CCCC3)s2)c1. The van der Waals surface area contributed by atoms with Gasteiger partial charge in [-0.15, -0.1) is 10.2 Å². The number of hydrogen-bond donors (Lipinski definition) is 1. The van der Waals surface area contributed by atoms with Gasteiger partial charge in [0.2, 0.25) is 11.0 Å². The Balaban J connectivity index is 1.59. The van der Waals surface area contributed by atoms with Crippen molar-refractivity contribution >= 4 is 39.8 Å². The Labute approximate surface area is 144 Å². The van der Waals surface area contributed by atoms with E-state index in [0.29, 0.717) is 0 Å². The molecule has 122 valence electrons. The molecule has 1 aromatic carbocycles. The van der Waals surface area contributed by atoms with Gasteiger partial charge in [0.25, 0.3) is 0 Å². The summed E-state index contributed by atoms with van der Waals surface area (Å²) in [4.78, 5) is 14.3. The van der Waals surface area contributed by atoms with E-state index in [-0.39, 0.29) is 11.2 Å². The quantitative estimate of drug-likeness (QED) is 0.835. The minimum absolute atomic E-state index is 0.118. The molecule has 3 rings (SSSR count). The molecule has 1 saturated heterocycles. The van der Waals surface area contributed by atoms with E-state index < -0.39 is 0 Å². The van der Waals surface area contributed by atoms with Crippen LogP contribution in [0.25, 0.3) is 0 Å². The van der Waals surface area contributed by atoms with Crippen molar-refractivity contribution in [1.82, 2.24) is 15.1 Å². The van der Waals surface area contributed by atoms with Crippen LogP contribution in [0.1, 0.15) is 25.3 Å². The first-order valence-corrected chi connectivity index (χ1v) is 9.44. The van der Waals surface area contributed by atoms with Crippen LogP contribution in [0.2, 0.25) is 0 Å². The van der Waals surface area contributed by atoms with Crippen LogP contribution in [0.4, 0.5) is 10.8 Å². The van der Waals surface area contributed by atoms with Gasteiger partial charge in [-0.2, -0.15) is 0 Å². The predicted octanol–water partition coefficient (Wildman–Crippen LogP) is 3.69. The van der Waals surface area contributed by atoms with Gasteiger partial charge >= 0.3 is 0 Å². The third-order valence-corrected chi connectivity index (χ3v) is 5.73. The molecular weight excluding hydrogens is 328 g/mol. The lowest BCUT2D eigenvalue weighted by molar-refractivity contribution is -0.129. The van der Waals surface area contributed by atoms with Crippen LogP contribution in [0, 0.1) is 6.92 Å². The zero-order chi connectivity index (χ0) is 16.2. The number of amides is 1. The van der Waals surface area contributed by atoms with Crippen LogP contribution in [-0.2, 0) is 4.79 Å². The first kappa shape index (κ1) is 16.3. The summed E-state index contributed by atoms with van der Waals surface area (Å²) >= 11 is 2.97. The molecule has 1 N–H and O–H groups in total. The van der Waals surface area contributed by atoms with Gasteiger partial charge in [0.1, 0.15) is 0 Å². The summed E-state index contributed by atoms with van der Waals surface area (Å²) in [5.74, 6) is 0.205. The Bertz CT molecular complexity index is 682. The van der Waals surface area contributed by atoms with Gasteiger partial charge in [-0.1, -0.05) is 35.2 Å². The normalized spacial score (nSPS) is 15.7. The highest BCUT2D eigenvalue weighted by Gasteiger charge is 2.25. The number of hydrogen-bond acceptors (Lipinski definition) is 6. The minimum Gasteiger partial charge on any atom is -0.342 e. The van der Waals surface area contributed by atoms with Crippen LogP contribution < -0.4 is 5.32 Å². The standard InChI is InChI=1S/C16H20N4OS2/c1-11-6-5-7-13(10-11)17-15-18-19-16(23-15)22-12(2)14(21)20-8-3-4-9-20/h5-7,10,12H,3-4,8-9H2,1-2H3,(H,17,18)/t12-/m0/s1. The molecule has 1 aromatic heterocycles. The summed E-state index contributed by atoms with van der Waals surface area (Å²) in [7, 11) is 0. The Morgan fingerprint density at radius 3 is 2.87 bits per heavy atom. The largest absolute Gasteiger partial charge is 0.342 e. The lowest BCUT2D eigenvalue weighted by Crippen LogP contribution is -2.33. The average molecular weight is 348 g/mol. The second-order valence-corrected chi connectivity index (χ2v) is 8.23. The number of carbonyl (C=O) groups is 1. The second-order valence-electron chi connectivity index (χ2n) is 5.66. The summed E-state index contributed by atoms with van der Waals surface area (Å²) < 4.78 is 0.820. The fourth-order valence-corrected chi connectivity index (χ4v) is 4.55. The number of rotatable bonds is 5. The number of likely N-dealkylation sites (tertiary alicyclic amines) is 1. The number of benzene rings is 1. The van der Waals surface area contributed by atoms with Crippen molar-refractivity contribution in [3.63, 3.8) is 0 Å². The van der Waals surface area contributed by atoms with E-state index in [1.165, 1.54) is 28.7 Å². The van der Waals surface area contributed by atoms with E-state index >= 15 is 0 Å². The number of anilines is 2. The van der Waals surface area contributed by atoms with E-state index in [9.17, 15) is 4.79 Å². The van der Waals surface area contributed by atoms with Crippen molar-refractivity contribution in [1.29, 1.82) is 0 Å². The molecular formula is C16H20N4OS2. The Hall–Kier alpha value is -1.60. The maximum absolute atomic E-state index is 12.3. The molecule has 1 aliphatic rings. The summed E-state index contributed by atoms with van der Waals surface area (Å²) in [6.45, 7) is 5.78. The predicted molar refractivity (Wildman–Crippen MR) is 95.5 cm³/mol. The number of aromatic nitrogens is 2.